The molecular weight excluding hydrogens is 448 g/mol. The summed E-state index contributed by atoms with van der Waals surface area (Å²) in [6.07, 6.45) is 4.72. The van der Waals surface area contributed by atoms with Gasteiger partial charge in [0.2, 0.25) is 0 Å². The number of unbranched alkanes of at least 4 members (excludes halogenated alkanes) is 2. The first-order valence-corrected chi connectivity index (χ1v) is 12.8. The van der Waals surface area contributed by atoms with Crippen LogP contribution in [0.25, 0.3) is 21.0 Å². The number of nitrogens with zero attached hydrogens (tertiary/aromatic N) is 4. The van der Waals surface area contributed by atoms with Gasteiger partial charge in [0, 0.05) is 18.5 Å². The van der Waals surface area contributed by atoms with Crippen LogP contribution in [0.15, 0.2) is 53.3 Å². The highest BCUT2D eigenvalue weighted by Crippen LogP contribution is 2.31. The number of hydrogen-bond acceptors (Lipinski definition) is 6. The summed E-state index contributed by atoms with van der Waals surface area (Å²) in [6.45, 7) is 3.72. The van der Waals surface area contributed by atoms with Crippen LogP contribution in [0.4, 0.5) is 5.13 Å². The van der Waals surface area contributed by atoms with E-state index in [0.717, 1.165) is 42.3 Å². The number of carbonyl (C=O) groups excluding carboxylic acids is 1. The van der Waals surface area contributed by atoms with Gasteiger partial charge >= 0.3 is 0 Å². The van der Waals surface area contributed by atoms with Crippen molar-refractivity contribution < 1.29 is 9.53 Å². The second-order valence-corrected chi connectivity index (χ2v) is 9.65. The fourth-order valence-electron chi connectivity index (χ4n) is 4.40. The van der Waals surface area contributed by atoms with Gasteiger partial charge in [0.1, 0.15) is 0 Å². The molecule has 1 atom stereocenters. The maximum atomic E-state index is 14.1. The Labute approximate surface area is 202 Å². The lowest BCUT2D eigenvalue weighted by atomic mass is 10.1. The van der Waals surface area contributed by atoms with Crippen molar-refractivity contribution >= 4 is 43.4 Å². The molecule has 1 unspecified atom stereocenters. The van der Waals surface area contributed by atoms with E-state index < -0.39 is 0 Å². The zero-order valence-corrected chi connectivity index (χ0v) is 20.1. The number of amides is 1. The number of anilines is 1. The second kappa shape index (κ2) is 10.0. The van der Waals surface area contributed by atoms with E-state index in [1.807, 2.05) is 36.4 Å². The van der Waals surface area contributed by atoms with Gasteiger partial charge in [-0.2, -0.15) is 5.10 Å². The number of thiazole rings is 1. The summed E-state index contributed by atoms with van der Waals surface area (Å²) >= 11 is 1.48. The topological polar surface area (TPSA) is 77.3 Å². The molecule has 0 aliphatic carbocycles. The molecule has 3 heterocycles. The fourth-order valence-corrected chi connectivity index (χ4v) is 5.37. The first-order valence-electron chi connectivity index (χ1n) is 11.9. The van der Waals surface area contributed by atoms with Crippen molar-refractivity contribution in [2.45, 2.75) is 51.7 Å². The number of ether oxygens (including phenoxy) is 1. The van der Waals surface area contributed by atoms with E-state index in [2.05, 4.69) is 12.0 Å². The monoisotopic (exact) mass is 476 g/mol. The van der Waals surface area contributed by atoms with Crippen LogP contribution < -0.4 is 10.5 Å². The predicted octanol–water partition coefficient (Wildman–Crippen LogP) is 5.02. The van der Waals surface area contributed by atoms with Crippen molar-refractivity contribution in [2.75, 3.05) is 18.1 Å². The van der Waals surface area contributed by atoms with Crippen LogP contribution >= 0.6 is 11.3 Å². The largest absolute Gasteiger partial charge is 0.376 e. The quantitative estimate of drug-likeness (QED) is 0.334. The van der Waals surface area contributed by atoms with Crippen molar-refractivity contribution in [1.82, 2.24) is 14.8 Å². The third kappa shape index (κ3) is 4.48. The van der Waals surface area contributed by atoms with E-state index in [1.54, 1.807) is 17.0 Å². The fraction of sp³-hybridized carbons (Fsp3) is 0.385. The van der Waals surface area contributed by atoms with Gasteiger partial charge in [-0.1, -0.05) is 61.4 Å². The normalized spacial score (nSPS) is 15.9. The van der Waals surface area contributed by atoms with Crippen molar-refractivity contribution in [3.8, 4) is 0 Å². The maximum absolute atomic E-state index is 14.1. The molecule has 0 bridgehead atoms. The molecule has 0 spiro atoms. The van der Waals surface area contributed by atoms with Gasteiger partial charge < -0.3 is 4.74 Å². The number of hydrogen-bond donors (Lipinski definition) is 0. The van der Waals surface area contributed by atoms with Crippen molar-refractivity contribution in [3.05, 3.63) is 64.6 Å². The summed E-state index contributed by atoms with van der Waals surface area (Å²) in [5.74, 6) is -0.255. The smallest absolute Gasteiger partial charge is 0.281 e. The Balaban J connectivity index is 1.60. The molecule has 0 saturated carbocycles. The van der Waals surface area contributed by atoms with Crippen LogP contribution in [0.1, 0.15) is 49.5 Å². The molecule has 8 heteroatoms. The molecule has 7 nitrogen and oxygen atoms in total. The highest BCUT2D eigenvalue weighted by atomic mass is 32.1. The van der Waals surface area contributed by atoms with Gasteiger partial charge in [0.25, 0.3) is 11.5 Å². The Morgan fingerprint density at radius 2 is 1.94 bits per heavy atom. The molecule has 176 valence electrons. The van der Waals surface area contributed by atoms with Crippen molar-refractivity contribution in [3.63, 3.8) is 0 Å². The van der Waals surface area contributed by atoms with Crippen LogP contribution in [0.2, 0.25) is 0 Å². The number of para-hydroxylation sites is 1. The SMILES string of the molecule is CCCCCn1nc(C(=O)N(CC2CCCO2)c2nc3ccccc3s2)c2ccccc2c1=O. The van der Waals surface area contributed by atoms with Crippen LogP contribution in [-0.4, -0.2) is 39.9 Å². The molecule has 0 radical (unpaired) electrons. The number of rotatable bonds is 8. The highest BCUT2D eigenvalue weighted by molar-refractivity contribution is 7.22. The number of aromatic nitrogens is 3. The molecule has 2 aromatic carbocycles. The summed E-state index contributed by atoms with van der Waals surface area (Å²) in [6, 6.07) is 15.1. The van der Waals surface area contributed by atoms with Crippen LogP contribution in [0.5, 0.6) is 0 Å². The molecule has 5 rings (SSSR count). The number of fused-ring (bicyclic) bond motifs is 2. The van der Waals surface area contributed by atoms with Crippen molar-refractivity contribution in [2.24, 2.45) is 0 Å². The number of benzene rings is 2. The molecule has 0 N–H and O–H groups in total. The predicted molar refractivity (Wildman–Crippen MR) is 136 cm³/mol. The summed E-state index contributed by atoms with van der Waals surface area (Å²) in [5.41, 5.74) is 0.980. The molecule has 1 fully saturated rings. The van der Waals surface area contributed by atoms with Gasteiger partial charge in [-0.15, -0.1) is 0 Å². The van der Waals surface area contributed by atoms with Crippen LogP contribution in [-0.2, 0) is 11.3 Å². The van der Waals surface area contributed by atoms with Gasteiger partial charge in [-0.05, 0) is 37.5 Å². The van der Waals surface area contributed by atoms with Crippen LogP contribution in [0.3, 0.4) is 0 Å². The zero-order valence-electron chi connectivity index (χ0n) is 19.3. The lowest BCUT2D eigenvalue weighted by Crippen LogP contribution is -2.39. The number of carbonyl (C=O) groups is 1. The maximum Gasteiger partial charge on any atom is 0.281 e. The molecular formula is C26H28N4O3S. The number of aryl methyl sites for hydroxylation is 1. The lowest BCUT2D eigenvalue weighted by molar-refractivity contribution is 0.0913. The molecule has 4 aromatic rings. The minimum atomic E-state index is -0.255. The van der Waals surface area contributed by atoms with Crippen LogP contribution in [0, 0.1) is 0 Å². The first kappa shape index (κ1) is 22.7. The van der Waals surface area contributed by atoms with E-state index in [1.165, 1.54) is 16.0 Å². The highest BCUT2D eigenvalue weighted by Gasteiger charge is 2.29. The third-order valence-corrected chi connectivity index (χ3v) is 7.27. The standard InChI is InChI=1S/C26H28N4O3S/c1-2-3-8-15-30-24(31)20-12-5-4-11-19(20)23(28-30)25(32)29(17-18-10-9-16-33-18)26-27-21-13-6-7-14-22(21)34-26/h4-7,11-14,18H,2-3,8-10,15-17H2,1H3. The van der Waals surface area contributed by atoms with Gasteiger partial charge in [-0.25, -0.2) is 9.67 Å². The lowest BCUT2D eigenvalue weighted by Gasteiger charge is -2.23. The summed E-state index contributed by atoms with van der Waals surface area (Å²) in [7, 11) is 0. The molecule has 1 aliphatic heterocycles. The van der Waals surface area contributed by atoms with Gasteiger partial charge in [-0.3, -0.25) is 14.5 Å². The summed E-state index contributed by atoms with van der Waals surface area (Å²) < 4.78 is 8.34. The van der Waals surface area contributed by atoms with E-state index in [4.69, 9.17) is 9.72 Å². The molecule has 1 amide bonds. The average molecular weight is 477 g/mol. The van der Waals surface area contributed by atoms with E-state index in [-0.39, 0.29) is 23.3 Å². The van der Waals surface area contributed by atoms with Crippen molar-refractivity contribution in [1.29, 1.82) is 0 Å². The Morgan fingerprint density at radius 1 is 1.15 bits per heavy atom. The van der Waals surface area contributed by atoms with Gasteiger partial charge in [0.15, 0.2) is 10.8 Å². The zero-order chi connectivity index (χ0) is 23.5. The first-order chi connectivity index (χ1) is 16.7. The average Bonchev–Trinajstić information content (AvgIpc) is 3.53. The molecule has 1 aliphatic rings. The molecule has 34 heavy (non-hydrogen) atoms. The van der Waals surface area contributed by atoms with E-state index >= 15 is 0 Å². The van der Waals surface area contributed by atoms with Gasteiger partial charge in [0.05, 0.1) is 28.3 Å². The Hall–Kier alpha value is -3.10. The Morgan fingerprint density at radius 3 is 2.71 bits per heavy atom. The third-order valence-electron chi connectivity index (χ3n) is 6.21. The second-order valence-electron chi connectivity index (χ2n) is 8.64. The molecule has 2 aromatic heterocycles. The molecule has 1 saturated heterocycles. The summed E-state index contributed by atoms with van der Waals surface area (Å²) in [5, 5.41) is 6.30. The van der Waals surface area contributed by atoms with E-state index in [9.17, 15) is 9.59 Å². The summed E-state index contributed by atoms with van der Waals surface area (Å²) in [4.78, 5) is 33.6. The van der Waals surface area contributed by atoms with E-state index in [0.29, 0.717) is 35.6 Å². The minimum absolute atomic E-state index is 0.0438. The Bertz CT molecular complexity index is 1340. The minimum Gasteiger partial charge on any atom is -0.376 e. The Kier molecular flexibility index (Phi) is 6.69.